The molecule has 37 heavy (non-hydrogen) atoms. The fourth-order valence-electron chi connectivity index (χ4n) is 4.51. The van der Waals surface area contributed by atoms with E-state index in [2.05, 4.69) is 20.8 Å². The minimum absolute atomic E-state index is 0.00377. The third kappa shape index (κ3) is 4.72. The fourth-order valence-corrected chi connectivity index (χ4v) is 4.51. The molecule has 2 saturated heterocycles. The van der Waals surface area contributed by atoms with Crippen LogP contribution in [-0.2, 0) is 15.8 Å². The number of nitrogens with one attached hydrogen (secondary N) is 2. The highest BCUT2D eigenvalue weighted by Gasteiger charge is 2.39. The minimum atomic E-state index is -4.45. The molecule has 0 aliphatic carbocycles. The third-order valence-corrected chi connectivity index (χ3v) is 6.64. The summed E-state index contributed by atoms with van der Waals surface area (Å²) >= 11 is 0. The van der Waals surface area contributed by atoms with E-state index in [1.165, 1.54) is 12.1 Å². The van der Waals surface area contributed by atoms with Crippen molar-refractivity contribution in [3.8, 4) is 11.5 Å². The van der Waals surface area contributed by atoms with Gasteiger partial charge in [-0.2, -0.15) is 13.2 Å². The monoisotopic (exact) mass is 521 g/mol. The summed E-state index contributed by atoms with van der Waals surface area (Å²) in [5, 5.41) is 12.8. The number of hydrogen-bond donors (Lipinski definition) is 2. The Bertz CT molecular complexity index is 1330. The first-order valence-electron chi connectivity index (χ1n) is 11.4. The smallest absolute Gasteiger partial charge is 0.403 e. The molecule has 3 aromatic rings. The van der Waals surface area contributed by atoms with Gasteiger partial charge in [0.1, 0.15) is 11.6 Å². The van der Waals surface area contributed by atoms with E-state index in [0.717, 1.165) is 24.3 Å². The van der Waals surface area contributed by atoms with Gasteiger partial charge in [0.15, 0.2) is 0 Å². The molecule has 2 amide bonds. The predicted molar refractivity (Wildman–Crippen MR) is 120 cm³/mol. The maximum Gasteiger partial charge on any atom is 0.416 e. The third-order valence-electron chi connectivity index (χ3n) is 6.64. The van der Waals surface area contributed by atoms with Crippen LogP contribution in [0.4, 0.5) is 33.7 Å². The highest BCUT2D eigenvalue weighted by Crippen LogP contribution is 2.36. The van der Waals surface area contributed by atoms with Crippen LogP contribution in [-0.4, -0.2) is 40.6 Å². The van der Waals surface area contributed by atoms with E-state index in [4.69, 9.17) is 4.42 Å². The molecule has 5 rings (SSSR count). The second-order valence-electron chi connectivity index (χ2n) is 8.96. The highest BCUT2D eigenvalue weighted by molar-refractivity contribution is 6.01. The second-order valence-corrected chi connectivity index (χ2v) is 8.96. The van der Waals surface area contributed by atoms with E-state index in [0.29, 0.717) is 12.1 Å². The van der Waals surface area contributed by atoms with Crippen molar-refractivity contribution in [2.75, 3.05) is 16.8 Å². The van der Waals surface area contributed by atoms with Crippen LogP contribution >= 0.6 is 0 Å². The average molecular weight is 521 g/mol. The van der Waals surface area contributed by atoms with Gasteiger partial charge in [-0.1, -0.05) is 5.10 Å². The van der Waals surface area contributed by atoms with E-state index in [9.17, 15) is 31.5 Å². The Balaban J connectivity index is 1.24. The van der Waals surface area contributed by atoms with Crippen molar-refractivity contribution in [1.82, 2.24) is 15.5 Å². The van der Waals surface area contributed by atoms with Crippen LogP contribution in [0.15, 0.2) is 40.8 Å². The summed E-state index contributed by atoms with van der Waals surface area (Å²) in [5.41, 5.74) is -0.555. The Morgan fingerprint density at radius 1 is 1.08 bits per heavy atom. The van der Waals surface area contributed by atoms with Gasteiger partial charge >= 0.3 is 12.2 Å². The summed E-state index contributed by atoms with van der Waals surface area (Å²) in [6.45, 7) is 2.16. The number of alkyl halides is 3. The van der Waals surface area contributed by atoms with Crippen LogP contribution in [0.1, 0.15) is 36.8 Å². The van der Waals surface area contributed by atoms with E-state index < -0.39 is 41.1 Å². The molecule has 194 valence electrons. The van der Waals surface area contributed by atoms with Crippen molar-refractivity contribution >= 4 is 23.5 Å². The summed E-state index contributed by atoms with van der Waals surface area (Å²) in [6, 6.07) is 6.21. The summed E-state index contributed by atoms with van der Waals surface area (Å²) in [7, 11) is 0. The van der Waals surface area contributed by atoms with Crippen LogP contribution < -0.4 is 15.5 Å². The molecule has 0 spiro atoms. The quantitative estimate of drug-likeness (QED) is 0.383. The molecular weight excluding hydrogens is 501 g/mol. The van der Waals surface area contributed by atoms with Crippen molar-refractivity contribution in [2.45, 2.75) is 43.9 Å². The Hall–Kier alpha value is -4.03. The maximum atomic E-state index is 14.9. The number of rotatable bonds is 5. The van der Waals surface area contributed by atoms with Gasteiger partial charge in [0.05, 0.1) is 17.5 Å². The number of benzene rings is 2. The topological polar surface area (TPSA) is 100 Å². The van der Waals surface area contributed by atoms with Gasteiger partial charge in [0, 0.05) is 35.8 Å². The van der Waals surface area contributed by atoms with Gasteiger partial charge in [-0.15, -0.1) is 5.10 Å². The molecule has 1 unspecified atom stereocenters. The van der Waals surface area contributed by atoms with E-state index in [1.807, 2.05) is 6.92 Å². The van der Waals surface area contributed by atoms with Gasteiger partial charge in [-0.25, -0.2) is 8.78 Å². The predicted octanol–water partition coefficient (Wildman–Crippen LogP) is 4.24. The molecule has 3 atom stereocenters. The number of imide groups is 1. The van der Waals surface area contributed by atoms with Gasteiger partial charge in [-0.05, 0) is 49.7 Å². The minimum Gasteiger partial charge on any atom is -0.403 e. The molecule has 0 bridgehead atoms. The highest BCUT2D eigenvalue weighted by atomic mass is 19.4. The first kappa shape index (κ1) is 24.7. The number of anilines is 2. The lowest BCUT2D eigenvalue weighted by Gasteiger charge is -2.48. The molecule has 1 aromatic heterocycles. The van der Waals surface area contributed by atoms with Crippen molar-refractivity contribution in [1.29, 1.82) is 0 Å². The number of piperidine rings is 1. The van der Waals surface area contributed by atoms with Gasteiger partial charge in [-0.3, -0.25) is 14.9 Å². The van der Waals surface area contributed by atoms with Crippen LogP contribution in [0.2, 0.25) is 0 Å². The lowest BCUT2D eigenvalue weighted by atomic mass is 9.89. The zero-order valence-corrected chi connectivity index (χ0v) is 19.3. The average Bonchev–Trinajstić information content (AvgIpc) is 3.30. The normalized spacial score (nSPS) is 22.0. The fraction of sp³-hybridized carbons (Fsp3) is 0.333. The van der Waals surface area contributed by atoms with Gasteiger partial charge in [0.2, 0.25) is 17.7 Å². The van der Waals surface area contributed by atoms with E-state index in [1.54, 1.807) is 4.90 Å². The Kier molecular flexibility index (Phi) is 6.08. The van der Waals surface area contributed by atoms with Crippen molar-refractivity contribution in [2.24, 2.45) is 0 Å². The number of hydrogen-bond acceptors (Lipinski definition) is 7. The second kappa shape index (κ2) is 9.12. The van der Waals surface area contributed by atoms with Crippen LogP contribution in [0, 0.1) is 11.6 Å². The van der Waals surface area contributed by atoms with Crippen LogP contribution in [0.25, 0.3) is 11.5 Å². The molecule has 2 aliphatic heterocycles. The first-order chi connectivity index (χ1) is 17.5. The number of amides is 2. The number of carbonyl (C=O) groups excluding carboxylic acids is 2. The molecule has 13 heteroatoms. The summed E-state index contributed by atoms with van der Waals surface area (Å²) in [5.74, 6) is -3.98. The number of halogens is 5. The molecule has 3 heterocycles. The molecule has 8 nitrogen and oxygen atoms in total. The summed E-state index contributed by atoms with van der Waals surface area (Å²) < 4.78 is 73.5. The van der Waals surface area contributed by atoms with Crippen molar-refractivity contribution < 1.29 is 36.0 Å². The van der Waals surface area contributed by atoms with E-state index in [-0.39, 0.29) is 48.1 Å². The van der Waals surface area contributed by atoms with E-state index >= 15 is 0 Å². The zero-order valence-electron chi connectivity index (χ0n) is 19.3. The first-order valence-corrected chi connectivity index (χ1v) is 11.4. The summed E-state index contributed by atoms with van der Waals surface area (Å²) in [4.78, 5) is 25.1. The maximum absolute atomic E-state index is 14.9. The van der Waals surface area contributed by atoms with Gasteiger partial charge in [0.25, 0.3) is 0 Å². The Labute approximate surface area is 206 Å². The lowest BCUT2D eigenvalue weighted by Crippen LogP contribution is -2.62. The van der Waals surface area contributed by atoms with Crippen LogP contribution in [0.5, 0.6) is 0 Å². The number of nitrogens with zero attached hydrogens (tertiary/aromatic N) is 3. The molecular formula is C24H20F5N5O3. The largest absolute Gasteiger partial charge is 0.416 e. The molecule has 0 radical (unpaired) electrons. The molecule has 2 N–H and O–H groups in total. The number of carbonyl (C=O) groups is 2. The lowest BCUT2D eigenvalue weighted by molar-refractivity contribution is -0.138. The Morgan fingerprint density at radius 2 is 1.76 bits per heavy atom. The molecule has 2 fully saturated rings. The zero-order chi connectivity index (χ0) is 26.5. The SMILES string of the molecule is C[C@@H]1[C@@H](Nc2nnc(-c3ccc(C(F)(F)F)cc3)o2)CN1c1cc(F)c(C2CCC(=O)NC2=O)c(F)c1. The van der Waals surface area contributed by atoms with Crippen molar-refractivity contribution in [3.05, 3.63) is 59.2 Å². The molecule has 2 aliphatic rings. The van der Waals surface area contributed by atoms with Gasteiger partial charge < -0.3 is 14.6 Å². The molecule has 0 saturated carbocycles. The Morgan fingerprint density at radius 3 is 2.35 bits per heavy atom. The van der Waals surface area contributed by atoms with Crippen molar-refractivity contribution in [3.63, 3.8) is 0 Å². The summed E-state index contributed by atoms with van der Waals surface area (Å²) in [6.07, 6.45) is -4.42. The standard InChI is InChI=1S/C24H20F5N5O3/c1-11-18(30-23-33-32-22(37-23)12-2-4-13(5-3-12)24(27,28)29)10-34(11)14-8-16(25)20(17(26)9-14)15-6-7-19(35)31-21(15)36/h2-5,8-9,11,15,18H,6-7,10H2,1H3,(H,30,33)(H,31,35,36)/t11-,15?,18+/m1/s1. The molecule has 2 aromatic carbocycles. The number of aromatic nitrogens is 2. The van der Waals surface area contributed by atoms with Crippen LogP contribution in [0.3, 0.4) is 0 Å².